The molecule has 1 aliphatic heterocycles. The fourth-order valence-electron chi connectivity index (χ4n) is 3.80. The highest BCUT2D eigenvalue weighted by molar-refractivity contribution is 5.77. The van der Waals surface area contributed by atoms with Crippen LogP contribution in [0, 0.1) is 5.92 Å². The van der Waals surface area contributed by atoms with Gasteiger partial charge in [0, 0.05) is 31.9 Å². The molecule has 3 N–H and O–H groups in total. The maximum atomic E-state index is 11.7. The van der Waals surface area contributed by atoms with E-state index in [4.69, 9.17) is 5.73 Å². The Morgan fingerprint density at radius 3 is 2.65 bits per heavy atom. The summed E-state index contributed by atoms with van der Waals surface area (Å²) in [4.78, 5) is 18.6. The van der Waals surface area contributed by atoms with Gasteiger partial charge < -0.3 is 16.0 Å². The summed E-state index contributed by atoms with van der Waals surface area (Å²) < 4.78 is 0. The summed E-state index contributed by atoms with van der Waals surface area (Å²) in [7, 11) is 0. The molecule has 0 bridgehead atoms. The summed E-state index contributed by atoms with van der Waals surface area (Å²) in [5, 5.41) is 3.54. The van der Waals surface area contributed by atoms with Crippen LogP contribution in [0.3, 0.4) is 0 Å². The van der Waals surface area contributed by atoms with Crippen molar-refractivity contribution in [2.75, 3.05) is 18.0 Å². The highest BCUT2D eigenvalue weighted by Gasteiger charge is 2.27. The van der Waals surface area contributed by atoms with Crippen molar-refractivity contribution in [1.29, 1.82) is 0 Å². The lowest BCUT2D eigenvalue weighted by Crippen LogP contribution is -2.41. The second-order valence-corrected chi connectivity index (χ2v) is 6.85. The number of nitrogens with one attached hydrogen (secondary N) is 1. The molecule has 0 spiro atoms. The molecule has 1 saturated heterocycles. The van der Waals surface area contributed by atoms with Crippen molar-refractivity contribution in [2.45, 2.75) is 57.5 Å². The number of nitrogens with two attached hydrogens (primary N) is 1. The average Bonchev–Trinajstić information content (AvgIpc) is 2.99. The topological polar surface area (TPSA) is 71.2 Å². The van der Waals surface area contributed by atoms with Gasteiger partial charge in [0.25, 0.3) is 0 Å². The van der Waals surface area contributed by atoms with Crippen molar-refractivity contribution >= 4 is 11.7 Å². The lowest BCUT2D eigenvalue weighted by Gasteiger charge is -2.24. The molecule has 5 nitrogen and oxygen atoms in total. The van der Waals surface area contributed by atoms with Gasteiger partial charge >= 0.3 is 0 Å². The molecule has 1 aromatic heterocycles. The molecular formula is C18H28N4O. The largest absolute Gasteiger partial charge is 0.369 e. The first-order valence-electron chi connectivity index (χ1n) is 8.96. The Balaban J connectivity index is 1.56. The highest BCUT2D eigenvalue weighted by Crippen LogP contribution is 2.24. The van der Waals surface area contributed by atoms with Gasteiger partial charge in [0.1, 0.15) is 5.82 Å². The Morgan fingerprint density at radius 1 is 1.17 bits per heavy atom. The van der Waals surface area contributed by atoms with Crippen LogP contribution in [-0.4, -0.2) is 30.0 Å². The summed E-state index contributed by atoms with van der Waals surface area (Å²) in [5.41, 5.74) is 6.76. The molecule has 2 atom stereocenters. The molecule has 23 heavy (non-hydrogen) atoms. The van der Waals surface area contributed by atoms with Crippen LogP contribution in [0.25, 0.3) is 0 Å². The van der Waals surface area contributed by atoms with E-state index in [0.717, 1.165) is 44.7 Å². The SMILES string of the molecule is NC(=O)[C@@H]1CCCCC[C@H]1NCc1ccc(N2CCCC2)nc1. The van der Waals surface area contributed by atoms with Gasteiger partial charge in [-0.3, -0.25) is 4.79 Å². The van der Waals surface area contributed by atoms with Gasteiger partial charge in [-0.15, -0.1) is 0 Å². The first kappa shape index (κ1) is 16.2. The van der Waals surface area contributed by atoms with Crippen LogP contribution in [-0.2, 0) is 11.3 Å². The summed E-state index contributed by atoms with van der Waals surface area (Å²) in [5.74, 6) is 0.886. The Morgan fingerprint density at radius 2 is 1.96 bits per heavy atom. The van der Waals surface area contributed by atoms with Crippen LogP contribution in [0.2, 0.25) is 0 Å². The number of rotatable bonds is 5. The minimum absolute atomic E-state index is 0.0330. The Bertz CT molecular complexity index is 510. The molecule has 1 saturated carbocycles. The van der Waals surface area contributed by atoms with E-state index in [2.05, 4.69) is 27.3 Å². The number of nitrogens with zero attached hydrogens (tertiary/aromatic N) is 2. The fraction of sp³-hybridized carbons (Fsp3) is 0.667. The van der Waals surface area contributed by atoms with Crippen LogP contribution >= 0.6 is 0 Å². The average molecular weight is 316 g/mol. The molecule has 1 amide bonds. The lowest BCUT2D eigenvalue weighted by atomic mass is 9.94. The van der Waals surface area contributed by atoms with Crippen molar-refractivity contribution in [3.8, 4) is 0 Å². The molecular weight excluding hydrogens is 288 g/mol. The van der Waals surface area contributed by atoms with Crippen LogP contribution in [0.4, 0.5) is 5.82 Å². The zero-order valence-electron chi connectivity index (χ0n) is 13.8. The predicted octanol–water partition coefficient (Wildman–Crippen LogP) is 2.21. The van der Waals surface area contributed by atoms with E-state index in [1.54, 1.807) is 0 Å². The van der Waals surface area contributed by atoms with Gasteiger partial charge in [-0.25, -0.2) is 4.98 Å². The van der Waals surface area contributed by atoms with E-state index in [1.165, 1.54) is 31.2 Å². The van der Waals surface area contributed by atoms with E-state index in [0.29, 0.717) is 0 Å². The Kier molecular flexibility index (Phi) is 5.49. The van der Waals surface area contributed by atoms with Crippen LogP contribution in [0.5, 0.6) is 0 Å². The van der Waals surface area contributed by atoms with E-state index in [9.17, 15) is 4.79 Å². The number of amides is 1. The van der Waals surface area contributed by atoms with Gasteiger partial charge in [0.05, 0.1) is 5.92 Å². The van der Waals surface area contributed by atoms with Gasteiger partial charge in [-0.05, 0) is 37.3 Å². The monoisotopic (exact) mass is 316 g/mol. The molecule has 2 heterocycles. The second-order valence-electron chi connectivity index (χ2n) is 6.85. The maximum Gasteiger partial charge on any atom is 0.222 e. The molecule has 2 aliphatic rings. The van der Waals surface area contributed by atoms with Crippen molar-refractivity contribution in [1.82, 2.24) is 10.3 Å². The fourth-order valence-corrected chi connectivity index (χ4v) is 3.80. The summed E-state index contributed by atoms with van der Waals surface area (Å²) in [6.07, 6.45) is 9.92. The van der Waals surface area contributed by atoms with Gasteiger partial charge in [0.15, 0.2) is 0 Å². The zero-order chi connectivity index (χ0) is 16.1. The number of hydrogen-bond donors (Lipinski definition) is 2. The first-order chi connectivity index (χ1) is 11.2. The van der Waals surface area contributed by atoms with Gasteiger partial charge in [-0.1, -0.05) is 25.3 Å². The first-order valence-corrected chi connectivity index (χ1v) is 8.96. The number of anilines is 1. The Hall–Kier alpha value is -1.62. The van der Waals surface area contributed by atoms with Crippen molar-refractivity contribution in [2.24, 2.45) is 11.7 Å². The molecule has 126 valence electrons. The second kappa shape index (κ2) is 7.77. The third-order valence-electron chi connectivity index (χ3n) is 5.19. The molecule has 0 radical (unpaired) electrons. The number of aromatic nitrogens is 1. The number of carbonyl (C=O) groups excluding carboxylic acids is 1. The van der Waals surface area contributed by atoms with Gasteiger partial charge in [0.2, 0.25) is 5.91 Å². The predicted molar refractivity (Wildman–Crippen MR) is 92.1 cm³/mol. The molecule has 3 rings (SSSR count). The molecule has 2 fully saturated rings. The van der Waals surface area contributed by atoms with E-state index < -0.39 is 0 Å². The molecule has 1 aliphatic carbocycles. The van der Waals surface area contributed by atoms with Crippen LogP contribution in [0.15, 0.2) is 18.3 Å². The summed E-state index contributed by atoms with van der Waals surface area (Å²) in [6, 6.07) is 4.46. The standard InChI is InChI=1S/C18H28N4O/c19-18(23)15-6-2-1-3-7-16(15)20-12-14-8-9-17(21-13-14)22-10-4-5-11-22/h8-9,13,15-16,20H,1-7,10-12H2,(H2,19,23)/t15-,16-/m1/s1. The Labute approximate surface area is 138 Å². The lowest BCUT2D eigenvalue weighted by molar-refractivity contribution is -0.122. The van der Waals surface area contributed by atoms with Crippen molar-refractivity contribution in [3.63, 3.8) is 0 Å². The number of carbonyl (C=O) groups is 1. The van der Waals surface area contributed by atoms with Gasteiger partial charge in [-0.2, -0.15) is 0 Å². The van der Waals surface area contributed by atoms with Crippen molar-refractivity contribution in [3.05, 3.63) is 23.9 Å². The molecule has 0 aromatic carbocycles. The zero-order valence-corrected chi connectivity index (χ0v) is 13.8. The third kappa shape index (κ3) is 4.22. The number of pyridine rings is 1. The molecule has 1 aromatic rings. The quantitative estimate of drug-likeness (QED) is 0.817. The molecule has 5 heteroatoms. The maximum absolute atomic E-state index is 11.7. The minimum atomic E-state index is -0.160. The number of hydrogen-bond acceptors (Lipinski definition) is 4. The smallest absolute Gasteiger partial charge is 0.222 e. The highest BCUT2D eigenvalue weighted by atomic mass is 16.1. The third-order valence-corrected chi connectivity index (χ3v) is 5.19. The van der Waals surface area contributed by atoms with Crippen LogP contribution < -0.4 is 16.0 Å². The van der Waals surface area contributed by atoms with E-state index >= 15 is 0 Å². The number of primary amides is 1. The van der Waals surface area contributed by atoms with E-state index in [1.807, 2.05) is 6.20 Å². The van der Waals surface area contributed by atoms with Crippen molar-refractivity contribution < 1.29 is 4.79 Å². The molecule has 0 unspecified atom stereocenters. The van der Waals surface area contributed by atoms with E-state index in [-0.39, 0.29) is 17.9 Å². The normalized spacial score (nSPS) is 25.3. The van der Waals surface area contributed by atoms with Crippen LogP contribution in [0.1, 0.15) is 50.5 Å². The summed E-state index contributed by atoms with van der Waals surface area (Å²) in [6.45, 7) is 2.99. The minimum Gasteiger partial charge on any atom is -0.369 e. The summed E-state index contributed by atoms with van der Waals surface area (Å²) >= 11 is 0.